The summed E-state index contributed by atoms with van der Waals surface area (Å²) >= 11 is 0. The summed E-state index contributed by atoms with van der Waals surface area (Å²) in [6.45, 7) is 0.763. The van der Waals surface area contributed by atoms with Gasteiger partial charge in [0.05, 0.1) is 6.61 Å². The number of aliphatic imine (C=N–C) groups is 1. The van der Waals surface area contributed by atoms with E-state index >= 15 is 0 Å². The van der Waals surface area contributed by atoms with Gasteiger partial charge in [-0.1, -0.05) is 109 Å². The summed E-state index contributed by atoms with van der Waals surface area (Å²) in [7, 11) is 0. The van der Waals surface area contributed by atoms with E-state index in [1.807, 2.05) is 115 Å². The molecule has 5 aromatic rings. The molecule has 0 saturated heterocycles. The number of ether oxygens (including phenoxy) is 2. The molecule has 2 N–H and O–H groups in total. The predicted molar refractivity (Wildman–Crippen MR) is 192 cm³/mol. The Morgan fingerprint density at radius 1 is 0.857 bits per heavy atom. The molecule has 1 amide bonds. The van der Waals surface area contributed by atoms with Crippen LogP contribution < -0.4 is 10.1 Å². The van der Waals surface area contributed by atoms with Gasteiger partial charge >= 0.3 is 0 Å². The molecular weight excluding hydrogens is 615 g/mol. The van der Waals surface area contributed by atoms with Gasteiger partial charge in [0.15, 0.2) is 11.6 Å². The van der Waals surface area contributed by atoms with E-state index in [1.54, 1.807) is 6.07 Å². The van der Waals surface area contributed by atoms with Crippen LogP contribution in [0.15, 0.2) is 145 Å². The van der Waals surface area contributed by atoms with Crippen LogP contribution in [0.1, 0.15) is 41.2 Å². The van der Waals surface area contributed by atoms with Crippen molar-refractivity contribution in [2.45, 2.75) is 30.9 Å². The van der Waals surface area contributed by atoms with Crippen LogP contribution in [-0.2, 0) is 16.0 Å². The maximum Gasteiger partial charge on any atom is 0.252 e. The average Bonchev–Trinajstić information content (AvgIpc) is 3.54. The van der Waals surface area contributed by atoms with E-state index in [4.69, 9.17) is 19.6 Å². The van der Waals surface area contributed by atoms with Gasteiger partial charge in [-0.3, -0.25) is 4.79 Å². The molecule has 0 bridgehead atoms. The molecule has 1 aliphatic heterocycles. The predicted octanol–water partition coefficient (Wildman–Crippen LogP) is 7.97. The third-order valence-electron chi connectivity index (χ3n) is 8.48. The quantitative estimate of drug-likeness (QED) is 0.119. The van der Waals surface area contributed by atoms with Gasteiger partial charge in [0.25, 0.3) is 5.91 Å². The van der Waals surface area contributed by atoms with Crippen molar-refractivity contribution in [2.75, 3.05) is 19.8 Å². The van der Waals surface area contributed by atoms with Gasteiger partial charge in [-0.2, -0.15) is 0 Å². The number of nitrogens with zero attached hydrogens (tertiary/aromatic N) is 1. The second kappa shape index (κ2) is 16.0. The summed E-state index contributed by atoms with van der Waals surface area (Å²) in [5.74, 6) is 0.426. The Hall–Kier alpha value is -5.53. The summed E-state index contributed by atoms with van der Waals surface area (Å²) in [6.07, 6.45) is 4.50. The van der Waals surface area contributed by atoms with Crippen molar-refractivity contribution in [1.82, 2.24) is 5.32 Å². The lowest BCUT2D eigenvalue weighted by Gasteiger charge is -2.30. The van der Waals surface area contributed by atoms with E-state index < -0.39 is 11.6 Å². The highest BCUT2D eigenvalue weighted by atomic mass is 19.1. The van der Waals surface area contributed by atoms with Crippen LogP contribution in [0.2, 0.25) is 0 Å². The minimum absolute atomic E-state index is 0.0571. The number of hydrogen-bond donors (Lipinski definition) is 2. The maximum absolute atomic E-state index is 14.5. The molecular formula is C42H39FN2O4. The average molecular weight is 655 g/mol. The summed E-state index contributed by atoms with van der Waals surface area (Å²) in [4.78, 5) is 19.6. The number of nitrogens with one attached hydrogen (secondary N) is 1. The number of halogens is 1. The molecule has 0 unspecified atom stereocenters. The third kappa shape index (κ3) is 8.31. The van der Waals surface area contributed by atoms with Gasteiger partial charge in [-0.15, -0.1) is 0 Å². The highest BCUT2D eigenvalue weighted by Gasteiger charge is 2.52. The molecule has 0 saturated carbocycles. The van der Waals surface area contributed by atoms with Crippen LogP contribution in [0.25, 0.3) is 17.2 Å². The number of hydrogen-bond acceptors (Lipinski definition) is 5. The molecule has 248 valence electrons. The molecule has 49 heavy (non-hydrogen) atoms. The summed E-state index contributed by atoms with van der Waals surface area (Å²) < 4.78 is 26.3. The van der Waals surface area contributed by atoms with Crippen molar-refractivity contribution in [3.05, 3.63) is 168 Å². The summed E-state index contributed by atoms with van der Waals surface area (Å²) in [5, 5.41) is 12.2. The van der Waals surface area contributed by atoms with Crippen molar-refractivity contribution < 1.29 is 23.8 Å². The van der Waals surface area contributed by atoms with E-state index in [0.717, 1.165) is 27.8 Å². The number of carbonyl (C=O) groups is 1. The molecule has 0 spiro atoms. The SMILES string of the molecule is O=C(NCCc1cccc(F)c1)[C@]1(C/C=C/c2ccccc2)N=C(c2ccc(OCCCO)cc2)O[C@@H]1c1ccc(-c2ccccc2)cc1. The van der Waals surface area contributed by atoms with Crippen LogP contribution in [0.5, 0.6) is 5.75 Å². The Morgan fingerprint density at radius 2 is 1.55 bits per heavy atom. The van der Waals surface area contributed by atoms with Crippen LogP contribution in [-0.4, -0.2) is 42.2 Å². The third-order valence-corrected chi connectivity index (χ3v) is 8.48. The number of amides is 1. The molecule has 0 radical (unpaired) electrons. The molecule has 2 atom stereocenters. The van der Waals surface area contributed by atoms with Crippen molar-refractivity contribution in [1.29, 1.82) is 0 Å². The van der Waals surface area contributed by atoms with Crippen LogP contribution in [0, 0.1) is 5.82 Å². The second-order valence-corrected chi connectivity index (χ2v) is 11.9. The van der Waals surface area contributed by atoms with E-state index in [2.05, 4.69) is 17.4 Å². The number of rotatable bonds is 14. The topological polar surface area (TPSA) is 80.2 Å². The molecule has 1 heterocycles. The molecule has 5 aromatic carbocycles. The minimum Gasteiger partial charge on any atom is -0.494 e. The maximum atomic E-state index is 14.5. The minimum atomic E-state index is -1.34. The Kier molecular flexibility index (Phi) is 10.9. The largest absolute Gasteiger partial charge is 0.494 e. The lowest BCUT2D eigenvalue weighted by atomic mass is 9.83. The smallest absolute Gasteiger partial charge is 0.252 e. The first kappa shape index (κ1) is 33.4. The number of aliphatic hydroxyl groups is 1. The lowest BCUT2D eigenvalue weighted by molar-refractivity contribution is -0.128. The first-order valence-corrected chi connectivity index (χ1v) is 16.5. The first-order valence-electron chi connectivity index (χ1n) is 16.5. The number of benzene rings is 5. The van der Waals surface area contributed by atoms with E-state index in [1.165, 1.54) is 12.1 Å². The van der Waals surface area contributed by atoms with Gasteiger partial charge in [0, 0.05) is 31.6 Å². The molecule has 6 nitrogen and oxygen atoms in total. The summed E-state index contributed by atoms with van der Waals surface area (Å²) in [5.41, 5.74) is 4.12. The fraction of sp³-hybridized carbons (Fsp3) is 0.190. The Labute approximate surface area is 286 Å². The van der Waals surface area contributed by atoms with E-state index in [9.17, 15) is 9.18 Å². The standard InChI is InChI=1S/C42H39FN2O4/c43-37-16-7-12-32(30-37)25-27-44-41(47)42(26-8-13-31-10-3-1-4-11-31)39(35-19-17-34(18-20-35)33-14-5-2-6-15-33)49-40(45-42)36-21-23-38(24-22-36)48-29-9-28-46/h1-8,10-24,30,39,46H,9,25-29H2,(H,44,47)/b13-8+/t39-,42-/m1/s1. The van der Waals surface area contributed by atoms with Gasteiger partial charge < -0.3 is 19.9 Å². The second-order valence-electron chi connectivity index (χ2n) is 11.9. The highest BCUT2D eigenvalue weighted by molar-refractivity contribution is 6.01. The number of aliphatic hydroxyl groups excluding tert-OH is 1. The van der Waals surface area contributed by atoms with E-state index in [-0.39, 0.29) is 24.8 Å². The Bertz CT molecular complexity index is 1880. The van der Waals surface area contributed by atoms with Crippen LogP contribution in [0.3, 0.4) is 0 Å². The summed E-state index contributed by atoms with van der Waals surface area (Å²) in [6, 6.07) is 41.9. The fourth-order valence-electron chi connectivity index (χ4n) is 5.90. The zero-order valence-corrected chi connectivity index (χ0v) is 27.2. The Balaban J connectivity index is 1.35. The van der Waals surface area contributed by atoms with Crippen LogP contribution in [0.4, 0.5) is 4.39 Å². The Morgan fingerprint density at radius 3 is 2.27 bits per heavy atom. The zero-order valence-electron chi connectivity index (χ0n) is 27.2. The molecule has 1 aliphatic rings. The van der Waals surface area contributed by atoms with Gasteiger partial charge in [0.2, 0.25) is 5.90 Å². The first-order chi connectivity index (χ1) is 24.0. The van der Waals surface area contributed by atoms with Gasteiger partial charge in [-0.25, -0.2) is 9.38 Å². The van der Waals surface area contributed by atoms with Crippen molar-refractivity contribution in [3.8, 4) is 16.9 Å². The molecule has 7 heteroatoms. The normalized spacial score (nSPS) is 17.0. The number of carbonyl (C=O) groups excluding carboxylic acids is 1. The van der Waals surface area contributed by atoms with Crippen LogP contribution >= 0.6 is 0 Å². The van der Waals surface area contributed by atoms with Gasteiger partial charge in [0.1, 0.15) is 11.6 Å². The van der Waals surface area contributed by atoms with Crippen molar-refractivity contribution in [3.63, 3.8) is 0 Å². The lowest BCUT2D eigenvalue weighted by Crippen LogP contribution is -2.48. The highest BCUT2D eigenvalue weighted by Crippen LogP contribution is 2.43. The van der Waals surface area contributed by atoms with Crippen molar-refractivity contribution in [2.24, 2.45) is 4.99 Å². The molecule has 6 rings (SSSR count). The van der Waals surface area contributed by atoms with E-state index in [0.29, 0.717) is 43.2 Å². The molecule has 0 aliphatic carbocycles. The monoisotopic (exact) mass is 654 g/mol. The van der Waals surface area contributed by atoms with Crippen molar-refractivity contribution >= 4 is 17.9 Å². The molecule has 0 aromatic heterocycles. The zero-order chi connectivity index (χ0) is 33.9. The fourth-order valence-corrected chi connectivity index (χ4v) is 5.90. The van der Waals surface area contributed by atoms with Gasteiger partial charge in [-0.05, 0) is 70.6 Å². The molecule has 0 fully saturated rings.